The SMILES string of the molecule is c1ccc(-c2nc(-c3cccc4cc(-n5c6ccc7ccccc7c6c6c7ccccc7ccc65)ccc34)nc3ccccc23)cc1. The van der Waals surface area contributed by atoms with Crippen molar-refractivity contribution < 1.29 is 0 Å². The van der Waals surface area contributed by atoms with Crippen molar-refractivity contribution in [3.8, 4) is 28.3 Å². The van der Waals surface area contributed by atoms with Gasteiger partial charge >= 0.3 is 0 Å². The van der Waals surface area contributed by atoms with Gasteiger partial charge in [0.1, 0.15) is 0 Å². The first-order chi connectivity index (χ1) is 23.3. The maximum atomic E-state index is 5.19. The lowest BCUT2D eigenvalue weighted by molar-refractivity contribution is 1.19. The van der Waals surface area contributed by atoms with Crippen LogP contribution in [-0.2, 0) is 0 Å². The Hall–Kier alpha value is -6.32. The number of hydrogen-bond donors (Lipinski definition) is 0. The van der Waals surface area contributed by atoms with Crippen molar-refractivity contribution >= 4 is 65.0 Å². The third-order valence-corrected chi connectivity index (χ3v) is 9.56. The fourth-order valence-corrected chi connectivity index (χ4v) is 7.44. The number of nitrogens with zero attached hydrogens (tertiary/aromatic N) is 3. The summed E-state index contributed by atoms with van der Waals surface area (Å²) in [6.07, 6.45) is 0. The van der Waals surface area contributed by atoms with Gasteiger partial charge in [-0.15, -0.1) is 0 Å². The lowest BCUT2D eigenvalue weighted by Crippen LogP contribution is -1.97. The van der Waals surface area contributed by atoms with Crippen LogP contribution in [-0.4, -0.2) is 14.5 Å². The second-order valence-electron chi connectivity index (χ2n) is 12.2. The molecule has 0 saturated carbocycles. The fourth-order valence-electron chi connectivity index (χ4n) is 7.44. The molecule has 2 heterocycles. The molecule has 0 unspecified atom stereocenters. The van der Waals surface area contributed by atoms with Gasteiger partial charge in [-0.1, -0.05) is 133 Å². The van der Waals surface area contributed by atoms with Crippen molar-refractivity contribution in [3.63, 3.8) is 0 Å². The molecule has 0 atom stereocenters. The van der Waals surface area contributed by atoms with E-state index in [1.165, 1.54) is 43.4 Å². The summed E-state index contributed by atoms with van der Waals surface area (Å²) in [6, 6.07) is 58.4. The van der Waals surface area contributed by atoms with E-state index in [4.69, 9.17) is 9.97 Å². The Morgan fingerprint density at radius 2 is 1.02 bits per heavy atom. The topological polar surface area (TPSA) is 30.7 Å². The lowest BCUT2D eigenvalue weighted by Gasteiger charge is -2.13. The molecule has 3 heteroatoms. The molecule has 0 amide bonds. The average Bonchev–Trinajstić information content (AvgIpc) is 3.50. The first kappa shape index (κ1) is 26.0. The minimum atomic E-state index is 0.732. The molecule has 47 heavy (non-hydrogen) atoms. The molecule has 2 aromatic heterocycles. The van der Waals surface area contributed by atoms with E-state index in [-0.39, 0.29) is 0 Å². The van der Waals surface area contributed by atoms with Crippen molar-refractivity contribution in [2.75, 3.05) is 0 Å². The van der Waals surface area contributed by atoms with E-state index in [2.05, 4.69) is 156 Å². The number of fused-ring (bicyclic) bond motifs is 9. The second-order valence-corrected chi connectivity index (χ2v) is 12.2. The Kier molecular flexibility index (Phi) is 5.57. The van der Waals surface area contributed by atoms with Gasteiger partial charge in [-0.2, -0.15) is 0 Å². The Morgan fingerprint density at radius 3 is 1.74 bits per heavy atom. The number of hydrogen-bond acceptors (Lipinski definition) is 2. The standard InChI is InChI=1S/C44H27N3/c1-2-13-30(14-3-1)43-37-18-8-9-20-38(37)45-44(46-43)36-19-10-15-31-27-32(23-24-33(31)36)47-39-25-21-28-11-4-6-16-34(28)41(39)42-35-17-7-5-12-29(35)22-26-40(42)47/h1-27H. The maximum absolute atomic E-state index is 5.19. The molecule has 0 aliphatic rings. The predicted molar refractivity (Wildman–Crippen MR) is 197 cm³/mol. The molecular formula is C44H27N3. The third-order valence-electron chi connectivity index (χ3n) is 9.56. The minimum Gasteiger partial charge on any atom is -0.309 e. The summed E-state index contributed by atoms with van der Waals surface area (Å²) in [5.41, 5.74) is 7.54. The summed E-state index contributed by atoms with van der Waals surface area (Å²) in [6.45, 7) is 0. The van der Waals surface area contributed by atoms with Gasteiger partial charge in [0.2, 0.25) is 0 Å². The third kappa shape index (κ3) is 3.93. The van der Waals surface area contributed by atoms with Crippen LogP contribution < -0.4 is 0 Å². The van der Waals surface area contributed by atoms with Crippen LogP contribution in [0.2, 0.25) is 0 Å². The van der Waals surface area contributed by atoms with E-state index in [0.29, 0.717) is 0 Å². The summed E-state index contributed by atoms with van der Waals surface area (Å²) in [4.78, 5) is 10.3. The number of aromatic nitrogens is 3. The number of benzene rings is 8. The van der Waals surface area contributed by atoms with Crippen molar-refractivity contribution in [2.45, 2.75) is 0 Å². The minimum absolute atomic E-state index is 0.732. The molecule has 10 rings (SSSR count). The highest BCUT2D eigenvalue weighted by Gasteiger charge is 2.18. The molecule has 10 aromatic rings. The van der Waals surface area contributed by atoms with Crippen LogP contribution in [0.15, 0.2) is 164 Å². The summed E-state index contributed by atoms with van der Waals surface area (Å²) in [5, 5.41) is 11.0. The maximum Gasteiger partial charge on any atom is 0.161 e. The van der Waals surface area contributed by atoms with Gasteiger partial charge in [0, 0.05) is 33.0 Å². The molecule has 0 spiro atoms. The van der Waals surface area contributed by atoms with Crippen LogP contribution in [0.4, 0.5) is 0 Å². The van der Waals surface area contributed by atoms with Gasteiger partial charge in [0.15, 0.2) is 5.82 Å². The van der Waals surface area contributed by atoms with Crippen molar-refractivity contribution in [1.29, 1.82) is 0 Å². The molecule has 0 radical (unpaired) electrons. The monoisotopic (exact) mass is 597 g/mol. The molecule has 218 valence electrons. The Morgan fingerprint density at radius 1 is 0.404 bits per heavy atom. The predicted octanol–water partition coefficient (Wildman–Crippen LogP) is 11.5. The number of para-hydroxylation sites is 1. The van der Waals surface area contributed by atoms with Crippen molar-refractivity contribution in [3.05, 3.63) is 164 Å². The van der Waals surface area contributed by atoms with Crippen molar-refractivity contribution in [1.82, 2.24) is 14.5 Å². The van der Waals surface area contributed by atoms with Gasteiger partial charge in [-0.25, -0.2) is 9.97 Å². The van der Waals surface area contributed by atoms with Crippen LogP contribution >= 0.6 is 0 Å². The van der Waals surface area contributed by atoms with E-state index in [1.54, 1.807) is 0 Å². The summed E-state index contributed by atoms with van der Waals surface area (Å²) in [5.74, 6) is 0.732. The Bertz CT molecular complexity index is 2750. The van der Waals surface area contributed by atoms with Gasteiger partial charge in [0.25, 0.3) is 0 Å². The van der Waals surface area contributed by atoms with E-state index >= 15 is 0 Å². The zero-order valence-electron chi connectivity index (χ0n) is 25.4. The van der Waals surface area contributed by atoms with E-state index in [9.17, 15) is 0 Å². The summed E-state index contributed by atoms with van der Waals surface area (Å²) < 4.78 is 2.43. The Balaban J connectivity index is 1.22. The molecule has 0 fully saturated rings. The van der Waals surface area contributed by atoms with Crippen LogP contribution in [0, 0.1) is 0 Å². The van der Waals surface area contributed by atoms with E-state index in [1.807, 2.05) is 12.1 Å². The van der Waals surface area contributed by atoms with Crippen LogP contribution in [0.1, 0.15) is 0 Å². The molecule has 0 bridgehead atoms. The molecule has 8 aromatic carbocycles. The van der Waals surface area contributed by atoms with Gasteiger partial charge < -0.3 is 4.57 Å². The van der Waals surface area contributed by atoms with Gasteiger partial charge in [-0.3, -0.25) is 0 Å². The van der Waals surface area contributed by atoms with Crippen LogP contribution in [0.3, 0.4) is 0 Å². The molecule has 3 nitrogen and oxygen atoms in total. The van der Waals surface area contributed by atoms with Crippen LogP contribution in [0.5, 0.6) is 0 Å². The highest BCUT2D eigenvalue weighted by Crippen LogP contribution is 2.41. The van der Waals surface area contributed by atoms with E-state index in [0.717, 1.165) is 50.0 Å². The highest BCUT2D eigenvalue weighted by atomic mass is 15.0. The smallest absolute Gasteiger partial charge is 0.161 e. The molecule has 0 aliphatic heterocycles. The van der Waals surface area contributed by atoms with E-state index < -0.39 is 0 Å². The lowest BCUT2D eigenvalue weighted by atomic mass is 10.00. The zero-order valence-corrected chi connectivity index (χ0v) is 25.4. The molecule has 0 N–H and O–H groups in total. The molecule has 0 saturated heterocycles. The van der Waals surface area contributed by atoms with Gasteiger partial charge in [-0.05, 0) is 62.6 Å². The van der Waals surface area contributed by atoms with Gasteiger partial charge in [0.05, 0.1) is 22.2 Å². The summed E-state index contributed by atoms with van der Waals surface area (Å²) in [7, 11) is 0. The normalized spacial score (nSPS) is 11.8. The first-order valence-corrected chi connectivity index (χ1v) is 16.0. The largest absolute Gasteiger partial charge is 0.309 e. The summed E-state index contributed by atoms with van der Waals surface area (Å²) >= 11 is 0. The Labute approximate surface area is 271 Å². The highest BCUT2D eigenvalue weighted by molar-refractivity contribution is 6.28. The zero-order chi connectivity index (χ0) is 30.9. The number of rotatable bonds is 3. The average molecular weight is 598 g/mol. The molecule has 0 aliphatic carbocycles. The first-order valence-electron chi connectivity index (χ1n) is 16.0. The quantitative estimate of drug-likeness (QED) is 0.203. The second kappa shape index (κ2) is 10.1. The van der Waals surface area contributed by atoms with Crippen LogP contribution in [0.25, 0.3) is 93.4 Å². The molecular weight excluding hydrogens is 571 g/mol. The van der Waals surface area contributed by atoms with Crippen molar-refractivity contribution in [2.24, 2.45) is 0 Å². The fraction of sp³-hybridized carbons (Fsp3) is 0.